The van der Waals surface area contributed by atoms with Gasteiger partial charge in [0.25, 0.3) is 0 Å². The molecule has 0 radical (unpaired) electrons. The summed E-state index contributed by atoms with van der Waals surface area (Å²) in [7, 11) is 0. The first-order chi connectivity index (χ1) is 12.7. The summed E-state index contributed by atoms with van der Waals surface area (Å²) < 4.78 is 58.3. The summed E-state index contributed by atoms with van der Waals surface area (Å²) in [5, 5.41) is 9.18. The van der Waals surface area contributed by atoms with Crippen molar-refractivity contribution in [2.75, 3.05) is 0 Å². The number of alkyl halides is 3. The number of rotatable bonds is 1. The van der Waals surface area contributed by atoms with Crippen LogP contribution in [0.15, 0.2) is 42.0 Å². The van der Waals surface area contributed by atoms with E-state index in [1.165, 1.54) is 30.3 Å². The molecule has 1 heterocycles. The van der Waals surface area contributed by atoms with Crippen LogP contribution in [0.2, 0.25) is 5.02 Å². The number of hydrogen-bond donors (Lipinski definition) is 1. The normalized spacial score (nSPS) is 15.2. The van der Waals surface area contributed by atoms with E-state index in [1.54, 1.807) is 6.07 Å². The SMILES string of the molecule is O=C(O)C1=Cc2cc(Cl)cc(C#Cc3ccccc3F)c2OC1C(F)(F)F.[H-].[Na+]. The molecule has 0 aliphatic carbocycles. The fourth-order valence-corrected chi connectivity index (χ4v) is 2.71. The Morgan fingerprint density at radius 2 is 1.82 bits per heavy atom. The van der Waals surface area contributed by atoms with Crippen molar-refractivity contribution in [1.82, 2.24) is 0 Å². The maximum Gasteiger partial charge on any atom is 1.00 e. The number of ether oxygens (including phenoxy) is 1. The van der Waals surface area contributed by atoms with Crippen molar-refractivity contribution < 1.29 is 63.2 Å². The van der Waals surface area contributed by atoms with Crippen molar-refractivity contribution >= 4 is 23.6 Å². The van der Waals surface area contributed by atoms with Crippen LogP contribution < -0.4 is 34.3 Å². The first-order valence-corrected chi connectivity index (χ1v) is 7.83. The van der Waals surface area contributed by atoms with Gasteiger partial charge in [-0.2, -0.15) is 13.2 Å². The number of aliphatic carboxylic acids is 1. The third-order valence-corrected chi connectivity index (χ3v) is 3.88. The number of carboxylic acids is 1. The van der Waals surface area contributed by atoms with Crippen molar-refractivity contribution in [3.63, 3.8) is 0 Å². The first kappa shape index (κ1) is 22.3. The number of benzene rings is 2. The average Bonchev–Trinajstić information content (AvgIpc) is 2.58. The molecule has 9 heteroatoms. The molecule has 2 aromatic rings. The van der Waals surface area contributed by atoms with Gasteiger partial charge in [-0.05, 0) is 30.3 Å². The number of hydrogen-bond acceptors (Lipinski definition) is 2. The molecule has 0 fully saturated rings. The van der Waals surface area contributed by atoms with Crippen LogP contribution in [0, 0.1) is 17.7 Å². The van der Waals surface area contributed by atoms with Gasteiger partial charge in [0, 0.05) is 10.6 Å². The van der Waals surface area contributed by atoms with Crippen LogP contribution in [0.5, 0.6) is 5.75 Å². The minimum atomic E-state index is -4.95. The molecule has 140 valence electrons. The number of fused-ring (bicyclic) bond motifs is 1. The van der Waals surface area contributed by atoms with Crippen molar-refractivity contribution in [3.05, 3.63) is 69.5 Å². The molecule has 0 saturated heterocycles. The molecule has 28 heavy (non-hydrogen) atoms. The number of carbonyl (C=O) groups is 1. The molecule has 1 aliphatic heterocycles. The molecular formula is C19H10ClF4NaO3. The van der Waals surface area contributed by atoms with Crippen molar-refractivity contribution in [2.45, 2.75) is 12.3 Å². The van der Waals surface area contributed by atoms with Crippen LogP contribution >= 0.6 is 11.6 Å². The van der Waals surface area contributed by atoms with Gasteiger partial charge in [-0.25, -0.2) is 9.18 Å². The summed E-state index contributed by atoms with van der Waals surface area (Å²) in [6.45, 7) is 0. The zero-order valence-electron chi connectivity index (χ0n) is 15.3. The van der Waals surface area contributed by atoms with Gasteiger partial charge in [0.05, 0.1) is 16.7 Å². The van der Waals surface area contributed by atoms with Crippen LogP contribution in [0.4, 0.5) is 17.6 Å². The summed E-state index contributed by atoms with van der Waals surface area (Å²) >= 11 is 5.95. The Morgan fingerprint density at radius 3 is 2.43 bits per heavy atom. The van der Waals surface area contributed by atoms with E-state index in [1.807, 2.05) is 0 Å². The summed E-state index contributed by atoms with van der Waals surface area (Å²) in [6, 6.07) is 8.15. The Hall–Kier alpha value is -1.98. The topological polar surface area (TPSA) is 46.5 Å². The van der Waals surface area contributed by atoms with E-state index >= 15 is 0 Å². The van der Waals surface area contributed by atoms with E-state index in [0.29, 0.717) is 0 Å². The summed E-state index contributed by atoms with van der Waals surface area (Å²) in [4.78, 5) is 11.2. The summed E-state index contributed by atoms with van der Waals surface area (Å²) in [5.74, 6) is 2.43. The fourth-order valence-electron chi connectivity index (χ4n) is 2.49. The van der Waals surface area contributed by atoms with E-state index in [-0.39, 0.29) is 58.4 Å². The van der Waals surface area contributed by atoms with Crippen LogP contribution in [0.3, 0.4) is 0 Å². The molecule has 2 aromatic carbocycles. The van der Waals surface area contributed by atoms with Crippen molar-refractivity contribution in [2.24, 2.45) is 0 Å². The second-order valence-electron chi connectivity index (χ2n) is 5.55. The standard InChI is InChI=1S/C19H9ClF4O3.Na.H/c20-13-7-11(6-5-10-3-1-2-4-15(10)21)16-12(8-13)9-14(18(25)26)17(27-16)19(22,23)24;;/h1-4,7-9,17H,(H,25,26);;/q;+1;-1. The second kappa shape index (κ2) is 8.58. The Balaban J connectivity index is 0.00000210. The molecule has 0 saturated carbocycles. The molecule has 3 rings (SSSR count). The first-order valence-electron chi connectivity index (χ1n) is 7.45. The Morgan fingerprint density at radius 1 is 1.18 bits per heavy atom. The zero-order valence-corrected chi connectivity index (χ0v) is 17.0. The third kappa shape index (κ3) is 4.70. The van der Waals surface area contributed by atoms with E-state index < -0.39 is 29.6 Å². The molecule has 1 atom stereocenters. The molecule has 0 amide bonds. The van der Waals surface area contributed by atoms with E-state index in [9.17, 15) is 22.4 Å². The predicted octanol–water partition coefficient (Wildman–Crippen LogP) is 1.79. The molecule has 0 spiro atoms. The molecule has 0 bridgehead atoms. The predicted molar refractivity (Wildman–Crippen MR) is 91.0 cm³/mol. The largest absolute Gasteiger partial charge is 1.00 e. The van der Waals surface area contributed by atoms with Crippen LogP contribution in [0.1, 0.15) is 18.1 Å². The number of halogens is 5. The van der Waals surface area contributed by atoms with Crippen molar-refractivity contribution in [3.8, 4) is 17.6 Å². The molecule has 1 aliphatic rings. The van der Waals surface area contributed by atoms with Crippen LogP contribution in [-0.2, 0) is 4.79 Å². The van der Waals surface area contributed by atoms with E-state index in [2.05, 4.69) is 11.8 Å². The van der Waals surface area contributed by atoms with Crippen molar-refractivity contribution in [1.29, 1.82) is 0 Å². The molecule has 0 aromatic heterocycles. The monoisotopic (exact) mass is 420 g/mol. The van der Waals surface area contributed by atoms with Gasteiger partial charge in [0.15, 0.2) is 0 Å². The minimum Gasteiger partial charge on any atom is -1.00 e. The Labute approximate surface area is 185 Å². The second-order valence-corrected chi connectivity index (χ2v) is 5.98. The average molecular weight is 421 g/mol. The maximum absolute atomic E-state index is 13.7. The Bertz CT molecular complexity index is 1030. The molecule has 1 unspecified atom stereocenters. The molecular weight excluding hydrogens is 411 g/mol. The van der Waals surface area contributed by atoms with Gasteiger partial charge in [-0.1, -0.05) is 35.6 Å². The van der Waals surface area contributed by atoms with Gasteiger partial charge in [0.2, 0.25) is 6.10 Å². The number of carboxylic acid groups (broad SMARTS) is 1. The van der Waals surface area contributed by atoms with Crippen LogP contribution in [-0.4, -0.2) is 23.4 Å². The van der Waals surface area contributed by atoms with Gasteiger partial charge in [0.1, 0.15) is 11.6 Å². The summed E-state index contributed by atoms with van der Waals surface area (Å²) in [6.07, 6.45) is -6.75. The van der Waals surface area contributed by atoms with Gasteiger partial charge < -0.3 is 11.3 Å². The van der Waals surface area contributed by atoms with E-state index in [0.717, 1.165) is 6.08 Å². The van der Waals surface area contributed by atoms with Gasteiger partial charge in [-0.15, -0.1) is 0 Å². The molecule has 3 nitrogen and oxygen atoms in total. The van der Waals surface area contributed by atoms with Gasteiger partial charge in [-0.3, -0.25) is 0 Å². The zero-order chi connectivity index (χ0) is 19.8. The Kier molecular flexibility index (Phi) is 6.84. The third-order valence-electron chi connectivity index (χ3n) is 3.66. The molecule has 1 N–H and O–H groups in total. The van der Waals surface area contributed by atoms with E-state index in [4.69, 9.17) is 21.4 Å². The van der Waals surface area contributed by atoms with Gasteiger partial charge >= 0.3 is 41.7 Å². The maximum atomic E-state index is 13.7. The van der Waals surface area contributed by atoms with Crippen LogP contribution in [0.25, 0.3) is 6.08 Å². The quantitative estimate of drug-likeness (QED) is 0.435. The summed E-state index contributed by atoms with van der Waals surface area (Å²) in [5.41, 5.74) is -0.907. The minimum absolute atomic E-state index is 0. The fraction of sp³-hybridized carbons (Fsp3) is 0.105. The smallest absolute Gasteiger partial charge is 1.00 e.